The van der Waals surface area contributed by atoms with Gasteiger partial charge in [-0.1, -0.05) is 12.1 Å². The first-order valence-corrected chi connectivity index (χ1v) is 7.44. The van der Waals surface area contributed by atoms with Gasteiger partial charge in [-0.15, -0.1) is 0 Å². The highest BCUT2D eigenvalue weighted by Gasteiger charge is 2.21. The molecule has 0 radical (unpaired) electrons. The van der Waals surface area contributed by atoms with Crippen LogP contribution in [-0.2, 0) is 0 Å². The molecule has 3 rings (SSSR count). The molecule has 106 valence electrons. The standard InChI is InChI=1S/C16H13IN2O2/c1-9-4-5-10(7-12(9)17)13-14(20)15(21-16(13)18)11-3-2-6-19-8-11/h2-8,20H,18H2,1H3. The molecule has 0 aliphatic heterocycles. The summed E-state index contributed by atoms with van der Waals surface area (Å²) in [4.78, 5) is 4.03. The number of halogens is 1. The molecular formula is C16H13IN2O2. The molecule has 0 spiro atoms. The van der Waals surface area contributed by atoms with E-state index in [9.17, 15) is 5.11 Å². The second kappa shape index (κ2) is 5.40. The molecule has 1 aromatic carbocycles. The number of aromatic nitrogens is 1. The fraction of sp³-hybridized carbons (Fsp3) is 0.0625. The number of nitrogen functional groups attached to an aromatic ring is 1. The average molecular weight is 392 g/mol. The van der Waals surface area contributed by atoms with Gasteiger partial charge in [0, 0.05) is 21.5 Å². The quantitative estimate of drug-likeness (QED) is 0.641. The molecule has 0 aliphatic rings. The van der Waals surface area contributed by atoms with Gasteiger partial charge >= 0.3 is 0 Å². The second-order valence-corrected chi connectivity index (χ2v) is 5.89. The van der Waals surface area contributed by atoms with Crippen LogP contribution in [-0.4, -0.2) is 10.1 Å². The van der Waals surface area contributed by atoms with Crippen molar-refractivity contribution in [3.63, 3.8) is 0 Å². The van der Waals surface area contributed by atoms with E-state index in [4.69, 9.17) is 10.2 Å². The molecule has 4 nitrogen and oxygen atoms in total. The van der Waals surface area contributed by atoms with Gasteiger partial charge in [-0.2, -0.15) is 0 Å². The first kappa shape index (κ1) is 13.9. The number of hydrogen-bond acceptors (Lipinski definition) is 4. The Morgan fingerprint density at radius 2 is 2.05 bits per heavy atom. The summed E-state index contributed by atoms with van der Waals surface area (Å²) in [5.74, 6) is 0.581. The maximum absolute atomic E-state index is 10.5. The highest BCUT2D eigenvalue weighted by atomic mass is 127. The monoisotopic (exact) mass is 392 g/mol. The molecule has 0 amide bonds. The Balaban J connectivity index is 2.16. The zero-order valence-electron chi connectivity index (χ0n) is 11.3. The van der Waals surface area contributed by atoms with E-state index in [1.807, 2.05) is 31.2 Å². The van der Waals surface area contributed by atoms with Crippen LogP contribution in [0.5, 0.6) is 5.75 Å². The van der Waals surface area contributed by atoms with Crippen molar-refractivity contribution in [1.29, 1.82) is 0 Å². The molecule has 0 saturated heterocycles. The van der Waals surface area contributed by atoms with Crippen LogP contribution in [0, 0.1) is 10.5 Å². The zero-order chi connectivity index (χ0) is 15.0. The minimum atomic E-state index is 0.0418. The molecule has 3 aromatic rings. The number of hydrogen-bond donors (Lipinski definition) is 2. The molecule has 2 aromatic heterocycles. The van der Waals surface area contributed by atoms with Gasteiger partial charge in [-0.05, 0) is 58.8 Å². The third-order valence-electron chi connectivity index (χ3n) is 3.29. The van der Waals surface area contributed by atoms with Crippen LogP contribution in [0.3, 0.4) is 0 Å². The van der Waals surface area contributed by atoms with Crippen LogP contribution >= 0.6 is 22.6 Å². The fourth-order valence-corrected chi connectivity index (χ4v) is 2.67. The lowest BCUT2D eigenvalue weighted by Crippen LogP contribution is -1.87. The van der Waals surface area contributed by atoms with Gasteiger partial charge in [0.15, 0.2) is 11.5 Å². The van der Waals surface area contributed by atoms with Gasteiger partial charge in [0.2, 0.25) is 5.88 Å². The minimum Gasteiger partial charge on any atom is -0.504 e. The summed E-state index contributed by atoms with van der Waals surface area (Å²) in [5.41, 5.74) is 9.17. The predicted octanol–water partition coefficient (Wildman–Crippen LogP) is 4.21. The van der Waals surface area contributed by atoms with Crippen molar-refractivity contribution in [2.24, 2.45) is 0 Å². The van der Waals surface area contributed by atoms with Crippen molar-refractivity contribution in [3.05, 3.63) is 51.9 Å². The van der Waals surface area contributed by atoms with E-state index in [-0.39, 0.29) is 11.6 Å². The Morgan fingerprint density at radius 3 is 2.71 bits per heavy atom. The van der Waals surface area contributed by atoms with E-state index in [1.165, 1.54) is 5.56 Å². The SMILES string of the molecule is Cc1ccc(-c2c(N)oc(-c3cccnc3)c2O)cc1I. The minimum absolute atomic E-state index is 0.0418. The molecule has 0 aliphatic carbocycles. The van der Waals surface area contributed by atoms with Gasteiger partial charge in [-0.3, -0.25) is 4.98 Å². The molecule has 0 bridgehead atoms. The van der Waals surface area contributed by atoms with Gasteiger partial charge in [0.25, 0.3) is 0 Å². The van der Waals surface area contributed by atoms with Crippen LogP contribution < -0.4 is 5.73 Å². The Labute approximate surface area is 135 Å². The van der Waals surface area contributed by atoms with Gasteiger partial charge in [-0.25, -0.2) is 0 Å². The van der Waals surface area contributed by atoms with Crippen molar-refractivity contribution in [3.8, 4) is 28.2 Å². The normalized spacial score (nSPS) is 10.8. The van der Waals surface area contributed by atoms with Crippen LogP contribution in [0.15, 0.2) is 47.1 Å². The number of aromatic hydroxyl groups is 1. The van der Waals surface area contributed by atoms with Crippen LogP contribution in [0.25, 0.3) is 22.5 Å². The summed E-state index contributed by atoms with van der Waals surface area (Å²) in [6.45, 7) is 2.03. The molecule has 0 saturated carbocycles. The number of pyridine rings is 1. The van der Waals surface area contributed by atoms with E-state index in [0.29, 0.717) is 16.9 Å². The summed E-state index contributed by atoms with van der Waals surface area (Å²) < 4.78 is 6.65. The number of anilines is 1. The lowest BCUT2D eigenvalue weighted by molar-refractivity contribution is 0.467. The van der Waals surface area contributed by atoms with Crippen molar-refractivity contribution in [1.82, 2.24) is 4.98 Å². The lowest BCUT2D eigenvalue weighted by Gasteiger charge is -2.04. The first-order chi connectivity index (χ1) is 10.1. The van der Waals surface area contributed by atoms with Crippen LogP contribution in [0.4, 0.5) is 5.88 Å². The topological polar surface area (TPSA) is 72.3 Å². The van der Waals surface area contributed by atoms with Crippen molar-refractivity contribution in [2.75, 3.05) is 5.73 Å². The molecule has 0 unspecified atom stereocenters. The molecule has 5 heteroatoms. The Hall–Kier alpha value is -2.02. The maximum atomic E-state index is 10.5. The highest BCUT2D eigenvalue weighted by molar-refractivity contribution is 14.1. The summed E-state index contributed by atoms with van der Waals surface area (Å²) in [6, 6.07) is 9.48. The van der Waals surface area contributed by atoms with E-state index >= 15 is 0 Å². The largest absolute Gasteiger partial charge is 0.504 e. The van der Waals surface area contributed by atoms with Crippen molar-refractivity contribution < 1.29 is 9.52 Å². The Kier molecular flexibility index (Phi) is 3.59. The zero-order valence-corrected chi connectivity index (χ0v) is 13.5. The summed E-state index contributed by atoms with van der Waals surface area (Å²) >= 11 is 2.26. The number of aryl methyl sites for hydroxylation is 1. The summed E-state index contributed by atoms with van der Waals surface area (Å²) in [7, 11) is 0. The van der Waals surface area contributed by atoms with Crippen molar-refractivity contribution in [2.45, 2.75) is 6.92 Å². The van der Waals surface area contributed by atoms with Gasteiger partial charge in [0.05, 0.1) is 5.56 Å². The number of rotatable bonds is 2. The highest BCUT2D eigenvalue weighted by Crippen LogP contribution is 2.44. The number of nitrogens with zero attached hydrogens (tertiary/aromatic N) is 1. The molecule has 21 heavy (non-hydrogen) atoms. The van der Waals surface area contributed by atoms with Crippen molar-refractivity contribution >= 4 is 28.5 Å². The third-order valence-corrected chi connectivity index (χ3v) is 4.46. The number of nitrogens with two attached hydrogens (primary N) is 1. The Morgan fingerprint density at radius 1 is 1.24 bits per heavy atom. The summed E-state index contributed by atoms with van der Waals surface area (Å²) in [5, 5.41) is 10.5. The number of furan rings is 1. The van der Waals surface area contributed by atoms with E-state index in [2.05, 4.69) is 27.6 Å². The second-order valence-electron chi connectivity index (χ2n) is 4.72. The first-order valence-electron chi connectivity index (χ1n) is 6.36. The number of benzene rings is 1. The smallest absolute Gasteiger partial charge is 0.202 e. The van der Waals surface area contributed by atoms with Gasteiger partial charge in [0.1, 0.15) is 0 Å². The van der Waals surface area contributed by atoms with E-state index < -0.39 is 0 Å². The predicted molar refractivity (Wildman–Crippen MR) is 90.9 cm³/mol. The van der Waals surface area contributed by atoms with Crippen LogP contribution in [0.1, 0.15) is 5.56 Å². The van der Waals surface area contributed by atoms with Crippen LogP contribution in [0.2, 0.25) is 0 Å². The maximum Gasteiger partial charge on any atom is 0.202 e. The lowest BCUT2D eigenvalue weighted by atomic mass is 10.0. The van der Waals surface area contributed by atoms with Gasteiger partial charge < -0.3 is 15.3 Å². The molecule has 0 fully saturated rings. The Bertz CT molecular complexity index is 798. The fourth-order valence-electron chi connectivity index (χ4n) is 2.16. The third kappa shape index (κ3) is 2.49. The molecule has 0 atom stereocenters. The summed E-state index contributed by atoms with van der Waals surface area (Å²) in [6.07, 6.45) is 3.29. The molecular weight excluding hydrogens is 379 g/mol. The average Bonchev–Trinajstić information content (AvgIpc) is 2.78. The molecule has 3 N–H and O–H groups in total. The van der Waals surface area contributed by atoms with E-state index in [1.54, 1.807) is 18.5 Å². The van der Waals surface area contributed by atoms with E-state index in [0.717, 1.165) is 9.13 Å². The molecule has 2 heterocycles.